The van der Waals surface area contributed by atoms with Gasteiger partial charge in [0.05, 0.1) is 0 Å². The van der Waals surface area contributed by atoms with E-state index in [1.54, 1.807) is 24.5 Å². The highest BCUT2D eigenvalue weighted by Gasteiger charge is 2.21. The van der Waals surface area contributed by atoms with Crippen molar-refractivity contribution < 1.29 is 9.59 Å². The molecule has 114 valence electrons. The Morgan fingerprint density at radius 1 is 1.32 bits per heavy atom. The van der Waals surface area contributed by atoms with E-state index in [0.717, 1.165) is 16.3 Å². The molecule has 0 aliphatic rings. The van der Waals surface area contributed by atoms with Crippen molar-refractivity contribution >= 4 is 28.3 Å². The van der Waals surface area contributed by atoms with Gasteiger partial charge in [-0.2, -0.15) is 0 Å². The van der Waals surface area contributed by atoms with Gasteiger partial charge in [0.25, 0.3) is 0 Å². The fraction of sp³-hybridized carbons (Fsp3) is 0.235. The summed E-state index contributed by atoms with van der Waals surface area (Å²) in [6.07, 6.45) is 3.37. The molecule has 5 nitrogen and oxygen atoms in total. The lowest BCUT2D eigenvalue weighted by atomic mass is 10.1. The molecule has 1 N–H and O–H groups in total. The van der Waals surface area contributed by atoms with Crippen molar-refractivity contribution in [3.63, 3.8) is 0 Å². The van der Waals surface area contributed by atoms with Gasteiger partial charge >= 0.3 is 11.8 Å². The Labute approximate surface area is 129 Å². The van der Waals surface area contributed by atoms with Crippen LogP contribution in [0.4, 0.5) is 5.69 Å². The molecule has 2 amide bonds. The number of fused-ring (bicyclic) bond motifs is 1. The van der Waals surface area contributed by atoms with Crippen LogP contribution in [0.1, 0.15) is 13.8 Å². The van der Waals surface area contributed by atoms with Crippen LogP contribution in [0.2, 0.25) is 0 Å². The first-order valence-corrected chi connectivity index (χ1v) is 7.10. The fourth-order valence-corrected chi connectivity index (χ4v) is 2.20. The molecule has 0 fully saturated rings. The highest BCUT2D eigenvalue weighted by Crippen LogP contribution is 2.22. The van der Waals surface area contributed by atoms with Crippen molar-refractivity contribution in [2.75, 3.05) is 18.4 Å². The van der Waals surface area contributed by atoms with Gasteiger partial charge < -0.3 is 10.2 Å². The van der Waals surface area contributed by atoms with Gasteiger partial charge in [-0.3, -0.25) is 14.6 Å². The van der Waals surface area contributed by atoms with Gasteiger partial charge in [0.2, 0.25) is 0 Å². The number of anilines is 1. The average Bonchev–Trinajstić information content (AvgIpc) is 2.52. The molecular formula is C17H19N3O2. The SMILES string of the molecule is C=C(C)CN(CC)C(=O)C(=O)Nc1cccc2cnccc12. The second-order valence-corrected chi connectivity index (χ2v) is 5.13. The number of carbonyl (C=O) groups is 2. The summed E-state index contributed by atoms with van der Waals surface area (Å²) in [6.45, 7) is 8.27. The maximum absolute atomic E-state index is 12.2. The van der Waals surface area contributed by atoms with E-state index in [4.69, 9.17) is 0 Å². The first kappa shape index (κ1) is 15.7. The Balaban J connectivity index is 2.20. The number of likely N-dealkylation sites (N-methyl/N-ethyl adjacent to an activating group) is 1. The van der Waals surface area contributed by atoms with E-state index in [9.17, 15) is 9.59 Å². The quantitative estimate of drug-likeness (QED) is 0.697. The molecular weight excluding hydrogens is 278 g/mol. The van der Waals surface area contributed by atoms with Crippen LogP contribution in [0.3, 0.4) is 0 Å². The van der Waals surface area contributed by atoms with Crippen LogP contribution < -0.4 is 5.32 Å². The molecule has 0 aliphatic carbocycles. The van der Waals surface area contributed by atoms with Gasteiger partial charge in [-0.1, -0.05) is 24.3 Å². The monoisotopic (exact) mass is 297 g/mol. The Morgan fingerprint density at radius 3 is 2.77 bits per heavy atom. The van der Waals surface area contributed by atoms with E-state index in [1.807, 2.05) is 26.0 Å². The molecule has 0 spiro atoms. The number of carbonyl (C=O) groups excluding carboxylic acids is 2. The van der Waals surface area contributed by atoms with Crippen molar-refractivity contribution in [1.29, 1.82) is 0 Å². The zero-order chi connectivity index (χ0) is 16.1. The molecule has 22 heavy (non-hydrogen) atoms. The fourth-order valence-electron chi connectivity index (χ4n) is 2.20. The Hall–Kier alpha value is -2.69. The number of rotatable bonds is 4. The maximum Gasteiger partial charge on any atom is 0.313 e. The van der Waals surface area contributed by atoms with Gasteiger partial charge in [0.15, 0.2) is 0 Å². The van der Waals surface area contributed by atoms with Crippen LogP contribution in [0.5, 0.6) is 0 Å². The number of hydrogen-bond acceptors (Lipinski definition) is 3. The second kappa shape index (κ2) is 6.85. The average molecular weight is 297 g/mol. The number of benzene rings is 1. The third-order valence-electron chi connectivity index (χ3n) is 3.25. The molecule has 0 aliphatic heterocycles. The lowest BCUT2D eigenvalue weighted by Crippen LogP contribution is -2.40. The largest absolute Gasteiger partial charge is 0.331 e. The number of nitrogens with one attached hydrogen (secondary N) is 1. The van der Waals surface area contributed by atoms with Crippen LogP contribution in [0.25, 0.3) is 10.8 Å². The van der Waals surface area contributed by atoms with E-state index in [0.29, 0.717) is 18.8 Å². The molecule has 2 aromatic rings. The van der Waals surface area contributed by atoms with Crippen LogP contribution in [-0.4, -0.2) is 34.8 Å². The highest BCUT2D eigenvalue weighted by molar-refractivity contribution is 6.40. The molecule has 0 bridgehead atoms. The third kappa shape index (κ3) is 3.49. The summed E-state index contributed by atoms with van der Waals surface area (Å²) in [6, 6.07) is 7.29. The zero-order valence-corrected chi connectivity index (χ0v) is 12.8. The minimum atomic E-state index is -0.646. The molecule has 1 heterocycles. The lowest BCUT2D eigenvalue weighted by Gasteiger charge is -2.20. The molecule has 0 radical (unpaired) electrons. The molecule has 0 saturated heterocycles. The van der Waals surface area contributed by atoms with E-state index >= 15 is 0 Å². The first-order valence-electron chi connectivity index (χ1n) is 7.10. The van der Waals surface area contributed by atoms with Gasteiger partial charge in [-0.05, 0) is 26.0 Å². The minimum absolute atomic E-state index is 0.377. The normalized spacial score (nSPS) is 10.3. The Kier molecular flexibility index (Phi) is 4.88. The van der Waals surface area contributed by atoms with E-state index in [1.165, 1.54) is 4.90 Å². The van der Waals surface area contributed by atoms with Crippen molar-refractivity contribution in [2.24, 2.45) is 0 Å². The summed E-state index contributed by atoms with van der Waals surface area (Å²) in [7, 11) is 0. The number of aromatic nitrogens is 1. The smallest absolute Gasteiger partial charge is 0.313 e. The van der Waals surface area contributed by atoms with Gasteiger partial charge in [0.1, 0.15) is 0 Å². The number of amides is 2. The highest BCUT2D eigenvalue weighted by atomic mass is 16.2. The minimum Gasteiger partial charge on any atom is -0.331 e. The Bertz CT molecular complexity index is 719. The summed E-state index contributed by atoms with van der Waals surface area (Å²) in [5.41, 5.74) is 1.43. The number of hydrogen-bond donors (Lipinski definition) is 1. The Morgan fingerprint density at radius 2 is 2.09 bits per heavy atom. The van der Waals surface area contributed by atoms with E-state index in [2.05, 4.69) is 16.9 Å². The summed E-state index contributed by atoms with van der Waals surface area (Å²) < 4.78 is 0. The van der Waals surface area contributed by atoms with Gasteiger partial charge in [-0.15, -0.1) is 0 Å². The van der Waals surface area contributed by atoms with E-state index in [-0.39, 0.29) is 0 Å². The second-order valence-electron chi connectivity index (χ2n) is 5.13. The van der Waals surface area contributed by atoms with Crippen molar-refractivity contribution in [2.45, 2.75) is 13.8 Å². The predicted octanol–water partition coefficient (Wildman–Crippen LogP) is 2.60. The summed E-state index contributed by atoms with van der Waals surface area (Å²) >= 11 is 0. The zero-order valence-electron chi connectivity index (χ0n) is 12.8. The number of pyridine rings is 1. The molecule has 0 saturated carbocycles. The first-order chi connectivity index (χ1) is 10.5. The van der Waals surface area contributed by atoms with Crippen LogP contribution >= 0.6 is 0 Å². The summed E-state index contributed by atoms with van der Waals surface area (Å²) in [4.78, 5) is 29.9. The molecule has 5 heteroatoms. The number of nitrogens with zero attached hydrogens (tertiary/aromatic N) is 2. The summed E-state index contributed by atoms with van der Waals surface area (Å²) in [5.74, 6) is -1.20. The molecule has 1 aromatic heterocycles. The maximum atomic E-state index is 12.2. The topological polar surface area (TPSA) is 62.3 Å². The van der Waals surface area contributed by atoms with E-state index < -0.39 is 11.8 Å². The summed E-state index contributed by atoms with van der Waals surface area (Å²) in [5, 5.41) is 4.44. The van der Waals surface area contributed by atoms with Crippen molar-refractivity contribution in [3.8, 4) is 0 Å². The van der Waals surface area contributed by atoms with Crippen molar-refractivity contribution in [1.82, 2.24) is 9.88 Å². The predicted molar refractivity (Wildman–Crippen MR) is 87.4 cm³/mol. The molecule has 0 unspecified atom stereocenters. The van der Waals surface area contributed by atoms with Gasteiger partial charge in [0, 0.05) is 41.9 Å². The lowest BCUT2D eigenvalue weighted by molar-refractivity contribution is -0.142. The van der Waals surface area contributed by atoms with Gasteiger partial charge in [-0.25, -0.2) is 0 Å². The standard InChI is InChI=1S/C17H19N3O2/c1-4-20(11-12(2)3)17(22)16(21)19-15-7-5-6-13-10-18-9-8-14(13)15/h5-10H,2,4,11H2,1,3H3,(H,19,21). The van der Waals surface area contributed by atoms with Crippen LogP contribution in [0.15, 0.2) is 48.8 Å². The molecule has 0 atom stereocenters. The van der Waals surface area contributed by atoms with Crippen LogP contribution in [0, 0.1) is 0 Å². The van der Waals surface area contributed by atoms with Crippen molar-refractivity contribution in [3.05, 3.63) is 48.8 Å². The molecule has 2 rings (SSSR count). The van der Waals surface area contributed by atoms with Crippen LogP contribution in [-0.2, 0) is 9.59 Å². The third-order valence-corrected chi connectivity index (χ3v) is 3.25. The molecule has 1 aromatic carbocycles.